The monoisotopic (exact) mass is 320 g/mol. The smallest absolute Gasteiger partial charge is 0.337 e. The largest absolute Gasteiger partial charge is 0.417 e. The minimum absolute atomic E-state index is 0.0505. The SMILES string of the molecule is O=C(c1ccc(C(F)(F)F)cn1)N1CCCC(CCCl)C1. The molecule has 7 heteroatoms. The van der Waals surface area contributed by atoms with Gasteiger partial charge in [-0.05, 0) is 37.3 Å². The van der Waals surface area contributed by atoms with Crippen LogP contribution in [0.5, 0.6) is 0 Å². The van der Waals surface area contributed by atoms with E-state index in [-0.39, 0.29) is 11.6 Å². The first-order valence-corrected chi connectivity index (χ1v) is 7.33. The number of pyridine rings is 1. The second-order valence-corrected chi connectivity index (χ2v) is 5.54. The van der Waals surface area contributed by atoms with Crippen LogP contribution in [0.15, 0.2) is 18.3 Å². The van der Waals surface area contributed by atoms with E-state index in [1.54, 1.807) is 4.90 Å². The van der Waals surface area contributed by atoms with Crippen LogP contribution in [0.2, 0.25) is 0 Å². The topological polar surface area (TPSA) is 33.2 Å². The third kappa shape index (κ3) is 4.09. The van der Waals surface area contributed by atoms with Gasteiger partial charge in [-0.15, -0.1) is 11.6 Å². The quantitative estimate of drug-likeness (QED) is 0.798. The Bertz CT molecular complexity index is 488. The number of likely N-dealkylation sites (tertiary alicyclic amines) is 1. The fourth-order valence-electron chi connectivity index (χ4n) is 2.49. The maximum atomic E-state index is 12.5. The highest BCUT2D eigenvalue weighted by Gasteiger charge is 2.31. The van der Waals surface area contributed by atoms with Crippen molar-refractivity contribution in [2.45, 2.75) is 25.4 Å². The zero-order valence-corrected chi connectivity index (χ0v) is 12.1. The highest BCUT2D eigenvalue weighted by Crippen LogP contribution is 2.28. The van der Waals surface area contributed by atoms with Gasteiger partial charge in [-0.2, -0.15) is 13.2 Å². The van der Waals surface area contributed by atoms with Crippen molar-refractivity contribution in [2.24, 2.45) is 5.92 Å². The summed E-state index contributed by atoms with van der Waals surface area (Å²) in [7, 11) is 0. The molecule has 116 valence electrons. The number of amides is 1. The van der Waals surface area contributed by atoms with E-state index < -0.39 is 11.7 Å². The van der Waals surface area contributed by atoms with E-state index in [1.165, 1.54) is 0 Å². The first-order valence-electron chi connectivity index (χ1n) is 6.80. The second kappa shape index (κ2) is 6.64. The summed E-state index contributed by atoms with van der Waals surface area (Å²) in [4.78, 5) is 17.6. The van der Waals surface area contributed by atoms with Crippen LogP contribution in [0.25, 0.3) is 0 Å². The van der Waals surface area contributed by atoms with Crippen LogP contribution in [-0.2, 0) is 6.18 Å². The number of carbonyl (C=O) groups excluding carboxylic acids is 1. The molecule has 3 nitrogen and oxygen atoms in total. The Kier molecular flexibility index (Phi) is 5.08. The summed E-state index contributed by atoms with van der Waals surface area (Å²) >= 11 is 5.72. The zero-order chi connectivity index (χ0) is 15.5. The van der Waals surface area contributed by atoms with Gasteiger partial charge in [-0.25, -0.2) is 0 Å². The predicted octanol–water partition coefficient (Wildman–Crippen LogP) is 3.58. The molecule has 1 unspecified atom stereocenters. The lowest BCUT2D eigenvalue weighted by molar-refractivity contribution is -0.137. The Morgan fingerprint density at radius 3 is 2.76 bits per heavy atom. The van der Waals surface area contributed by atoms with Crippen molar-refractivity contribution in [3.8, 4) is 0 Å². The van der Waals surface area contributed by atoms with E-state index in [9.17, 15) is 18.0 Å². The summed E-state index contributed by atoms with van der Waals surface area (Å²) in [5.41, 5.74) is -0.799. The number of carbonyl (C=O) groups is 1. The van der Waals surface area contributed by atoms with Crippen molar-refractivity contribution in [3.63, 3.8) is 0 Å². The molecule has 1 aliphatic heterocycles. The van der Waals surface area contributed by atoms with Crippen molar-refractivity contribution in [1.29, 1.82) is 0 Å². The van der Waals surface area contributed by atoms with Gasteiger partial charge in [0.05, 0.1) is 5.56 Å². The van der Waals surface area contributed by atoms with Crippen LogP contribution >= 0.6 is 11.6 Å². The third-order valence-corrected chi connectivity index (χ3v) is 3.85. The summed E-state index contributed by atoms with van der Waals surface area (Å²) in [5.74, 6) is 0.586. The van der Waals surface area contributed by atoms with Crippen LogP contribution in [0, 0.1) is 5.92 Å². The summed E-state index contributed by atoms with van der Waals surface area (Å²) in [5, 5.41) is 0. The van der Waals surface area contributed by atoms with Gasteiger partial charge in [0, 0.05) is 25.2 Å². The third-order valence-electron chi connectivity index (χ3n) is 3.63. The number of halogens is 4. The average molecular weight is 321 g/mol. The lowest BCUT2D eigenvalue weighted by Gasteiger charge is -2.32. The Labute approximate surface area is 126 Å². The van der Waals surface area contributed by atoms with Crippen LogP contribution in [-0.4, -0.2) is 34.8 Å². The Hall–Kier alpha value is -1.30. The van der Waals surface area contributed by atoms with Crippen LogP contribution in [0.1, 0.15) is 35.3 Å². The summed E-state index contributed by atoms with van der Waals surface area (Å²) in [6.07, 6.45) is -0.991. The highest BCUT2D eigenvalue weighted by molar-refractivity contribution is 6.17. The van der Waals surface area contributed by atoms with Gasteiger partial charge < -0.3 is 4.90 Å². The van der Waals surface area contributed by atoms with Gasteiger partial charge in [0.25, 0.3) is 5.91 Å². The first-order chi connectivity index (χ1) is 9.91. The van der Waals surface area contributed by atoms with E-state index in [2.05, 4.69) is 4.98 Å². The van der Waals surface area contributed by atoms with Crippen molar-refractivity contribution in [2.75, 3.05) is 19.0 Å². The lowest BCUT2D eigenvalue weighted by Crippen LogP contribution is -2.40. The molecule has 0 N–H and O–H groups in total. The Morgan fingerprint density at radius 2 is 2.19 bits per heavy atom. The van der Waals surface area contributed by atoms with Gasteiger partial charge in [-0.1, -0.05) is 0 Å². The maximum Gasteiger partial charge on any atom is 0.417 e. The molecule has 1 aliphatic rings. The molecule has 2 heterocycles. The number of hydrogen-bond donors (Lipinski definition) is 0. The molecule has 0 saturated carbocycles. The van der Waals surface area contributed by atoms with Crippen LogP contribution in [0.3, 0.4) is 0 Å². The summed E-state index contributed by atoms with van der Waals surface area (Å²) in [6, 6.07) is 2.02. The average Bonchev–Trinajstić information content (AvgIpc) is 2.46. The molecular weight excluding hydrogens is 305 g/mol. The van der Waals surface area contributed by atoms with E-state index >= 15 is 0 Å². The predicted molar refractivity (Wildman–Crippen MR) is 73.2 cm³/mol. The molecule has 1 fully saturated rings. The van der Waals surface area contributed by atoms with E-state index in [1.807, 2.05) is 0 Å². The van der Waals surface area contributed by atoms with Crippen LogP contribution < -0.4 is 0 Å². The number of rotatable bonds is 3. The van der Waals surface area contributed by atoms with Crippen LogP contribution in [0.4, 0.5) is 13.2 Å². The molecular formula is C14H16ClF3N2O. The standard InChI is InChI=1S/C14H16ClF3N2O/c15-6-5-10-2-1-7-20(9-10)13(21)12-4-3-11(8-19-12)14(16,17)18/h3-4,8,10H,1-2,5-7,9H2. The molecule has 2 rings (SSSR count). The molecule has 0 bridgehead atoms. The van der Waals surface area contributed by atoms with Gasteiger partial charge in [0.2, 0.25) is 0 Å². The second-order valence-electron chi connectivity index (χ2n) is 5.17. The van der Waals surface area contributed by atoms with Crippen molar-refractivity contribution in [3.05, 3.63) is 29.6 Å². The molecule has 21 heavy (non-hydrogen) atoms. The fourth-order valence-corrected chi connectivity index (χ4v) is 2.80. The normalized spacial score (nSPS) is 19.6. The highest BCUT2D eigenvalue weighted by atomic mass is 35.5. The fraction of sp³-hybridized carbons (Fsp3) is 0.571. The molecule has 0 aromatic carbocycles. The van der Waals surface area contributed by atoms with Gasteiger partial charge >= 0.3 is 6.18 Å². The molecule has 1 aromatic rings. The van der Waals surface area contributed by atoms with E-state index in [4.69, 9.17) is 11.6 Å². The maximum absolute atomic E-state index is 12.5. The van der Waals surface area contributed by atoms with Gasteiger partial charge in [0.15, 0.2) is 0 Å². The van der Waals surface area contributed by atoms with Crippen molar-refractivity contribution in [1.82, 2.24) is 9.88 Å². The van der Waals surface area contributed by atoms with Gasteiger partial charge in [0.1, 0.15) is 5.69 Å². The number of aromatic nitrogens is 1. The Balaban J connectivity index is 2.05. The molecule has 1 atom stereocenters. The Morgan fingerprint density at radius 1 is 1.43 bits per heavy atom. The molecule has 0 spiro atoms. The molecule has 1 aromatic heterocycles. The minimum atomic E-state index is -4.44. The number of alkyl halides is 4. The lowest BCUT2D eigenvalue weighted by atomic mass is 9.95. The van der Waals surface area contributed by atoms with Crippen molar-refractivity contribution >= 4 is 17.5 Å². The molecule has 0 aliphatic carbocycles. The molecule has 0 radical (unpaired) electrons. The first kappa shape index (κ1) is 16.1. The molecule has 1 amide bonds. The van der Waals surface area contributed by atoms with Gasteiger partial charge in [-0.3, -0.25) is 9.78 Å². The number of nitrogens with zero attached hydrogens (tertiary/aromatic N) is 2. The summed E-state index contributed by atoms with van der Waals surface area (Å²) < 4.78 is 37.4. The summed E-state index contributed by atoms with van der Waals surface area (Å²) in [6.45, 7) is 1.20. The minimum Gasteiger partial charge on any atom is -0.337 e. The zero-order valence-electron chi connectivity index (χ0n) is 11.4. The molecule has 1 saturated heterocycles. The van der Waals surface area contributed by atoms with E-state index in [0.717, 1.165) is 31.4 Å². The van der Waals surface area contributed by atoms with E-state index in [0.29, 0.717) is 31.1 Å². The number of piperidine rings is 1. The number of hydrogen-bond acceptors (Lipinski definition) is 2. The van der Waals surface area contributed by atoms with Crippen molar-refractivity contribution < 1.29 is 18.0 Å².